The molecular formula is C8H6ClFO4. The van der Waals surface area contributed by atoms with Crippen LogP contribution in [0.3, 0.4) is 0 Å². The van der Waals surface area contributed by atoms with Gasteiger partial charge in [-0.2, -0.15) is 0 Å². The maximum atomic E-state index is 12.8. The van der Waals surface area contributed by atoms with E-state index in [1.165, 1.54) is 0 Å². The monoisotopic (exact) mass is 220 g/mol. The Morgan fingerprint density at radius 1 is 1.14 bits per heavy atom. The fraction of sp³-hybridized carbons (Fsp3) is 0. The average Bonchev–Trinajstić information content (AvgIpc) is 2.03. The molecule has 76 valence electrons. The van der Waals surface area contributed by atoms with Crippen LogP contribution in [0.5, 0.6) is 0 Å². The molecule has 0 saturated carbocycles. The van der Waals surface area contributed by atoms with Gasteiger partial charge in [0.05, 0.1) is 11.1 Å². The van der Waals surface area contributed by atoms with Crippen LogP contribution in [0.1, 0.15) is 20.7 Å². The number of hydrogen-bond acceptors (Lipinski definition) is 2. The predicted octanol–water partition coefficient (Wildman–Crippen LogP) is 1.64. The first kappa shape index (κ1) is 12.4. The van der Waals surface area contributed by atoms with Crippen LogP contribution in [0.25, 0.3) is 0 Å². The highest BCUT2D eigenvalue weighted by atomic mass is 35.5. The van der Waals surface area contributed by atoms with E-state index < -0.39 is 23.3 Å². The minimum atomic E-state index is -1.42. The SMILES string of the molecule is Cl.O=C(O)c1ccc(C(=O)O)c(F)c1. The first-order chi connectivity index (χ1) is 6.02. The van der Waals surface area contributed by atoms with Crippen molar-refractivity contribution in [2.75, 3.05) is 0 Å². The Kier molecular flexibility index (Phi) is 4.04. The Bertz CT molecular complexity index is 378. The van der Waals surface area contributed by atoms with Gasteiger partial charge in [0.1, 0.15) is 5.82 Å². The molecule has 0 amide bonds. The van der Waals surface area contributed by atoms with Crippen molar-refractivity contribution in [3.63, 3.8) is 0 Å². The van der Waals surface area contributed by atoms with Crippen molar-refractivity contribution in [3.05, 3.63) is 35.1 Å². The van der Waals surface area contributed by atoms with Crippen LogP contribution in [-0.4, -0.2) is 22.2 Å². The van der Waals surface area contributed by atoms with Crippen LogP contribution >= 0.6 is 12.4 Å². The van der Waals surface area contributed by atoms with E-state index in [9.17, 15) is 14.0 Å². The van der Waals surface area contributed by atoms with E-state index in [1.807, 2.05) is 0 Å². The molecular weight excluding hydrogens is 215 g/mol. The molecule has 0 fully saturated rings. The maximum Gasteiger partial charge on any atom is 0.338 e. The molecule has 0 atom stereocenters. The van der Waals surface area contributed by atoms with Crippen LogP contribution < -0.4 is 0 Å². The topological polar surface area (TPSA) is 74.6 Å². The van der Waals surface area contributed by atoms with E-state index in [0.29, 0.717) is 6.07 Å². The molecule has 0 aliphatic carbocycles. The van der Waals surface area contributed by atoms with Crippen molar-refractivity contribution in [2.45, 2.75) is 0 Å². The number of hydrogen-bond donors (Lipinski definition) is 2. The second-order valence-corrected chi connectivity index (χ2v) is 2.30. The lowest BCUT2D eigenvalue weighted by Crippen LogP contribution is -2.03. The van der Waals surface area contributed by atoms with Crippen molar-refractivity contribution in [3.8, 4) is 0 Å². The number of benzene rings is 1. The summed E-state index contributed by atoms with van der Waals surface area (Å²) in [5.74, 6) is -3.77. The maximum absolute atomic E-state index is 12.8. The fourth-order valence-electron chi connectivity index (χ4n) is 0.822. The molecule has 0 heterocycles. The zero-order valence-corrected chi connectivity index (χ0v) is 7.55. The van der Waals surface area contributed by atoms with Crippen molar-refractivity contribution in [2.24, 2.45) is 0 Å². The first-order valence-electron chi connectivity index (χ1n) is 3.28. The molecule has 0 aliphatic heterocycles. The molecule has 0 unspecified atom stereocenters. The summed E-state index contributed by atoms with van der Waals surface area (Å²) >= 11 is 0. The van der Waals surface area contributed by atoms with Gasteiger partial charge >= 0.3 is 11.9 Å². The summed E-state index contributed by atoms with van der Waals surface area (Å²) in [4.78, 5) is 20.6. The normalized spacial score (nSPS) is 8.93. The zero-order valence-electron chi connectivity index (χ0n) is 6.73. The number of rotatable bonds is 2. The quantitative estimate of drug-likeness (QED) is 0.795. The Labute approximate surface area is 84.4 Å². The summed E-state index contributed by atoms with van der Waals surface area (Å²) < 4.78 is 12.8. The van der Waals surface area contributed by atoms with Gasteiger partial charge in [-0.15, -0.1) is 12.4 Å². The molecule has 2 N–H and O–H groups in total. The van der Waals surface area contributed by atoms with E-state index in [2.05, 4.69) is 0 Å². The Morgan fingerprint density at radius 3 is 2.07 bits per heavy atom. The minimum Gasteiger partial charge on any atom is -0.478 e. The first-order valence-corrected chi connectivity index (χ1v) is 3.28. The summed E-state index contributed by atoms with van der Waals surface area (Å²) in [5.41, 5.74) is -0.812. The van der Waals surface area contributed by atoms with Gasteiger partial charge in [0, 0.05) is 0 Å². The van der Waals surface area contributed by atoms with Gasteiger partial charge in [-0.05, 0) is 18.2 Å². The molecule has 1 aromatic rings. The second-order valence-electron chi connectivity index (χ2n) is 2.30. The smallest absolute Gasteiger partial charge is 0.338 e. The van der Waals surface area contributed by atoms with Crippen LogP contribution in [0, 0.1) is 5.82 Å². The molecule has 1 rings (SSSR count). The van der Waals surface area contributed by atoms with Gasteiger partial charge in [-0.1, -0.05) is 0 Å². The number of halogens is 2. The zero-order chi connectivity index (χ0) is 10.0. The average molecular weight is 221 g/mol. The molecule has 6 heteroatoms. The van der Waals surface area contributed by atoms with Gasteiger partial charge in [0.25, 0.3) is 0 Å². The van der Waals surface area contributed by atoms with Gasteiger partial charge in [0.15, 0.2) is 0 Å². The van der Waals surface area contributed by atoms with Crippen LogP contribution in [-0.2, 0) is 0 Å². The molecule has 0 radical (unpaired) electrons. The molecule has 0 bridgehead atoms. The molecule has 0 saturated heterocycles. The molecule has 1 aromatic carbocycles. The van der Waals surface area contributed by atoms with Gasteiger partial charge in [-0.3, -0.25) is 0 Å². The lowest BCUT2D eigenvalue weighted by molar-refractivity contribution is 0.0676. The lowest BCUT2D eigenvalue weighted by Gasteiger charge is -1.98. The van der Waals surface area contributed by atoms with Crippen LogP contribution in [0.4, 0.5) is 4.39 Å². The van der Waals surface area contributed by atoms with Gasteiger partial charge < -0.3 is 10.2 Å². The third-order valence-electron chi connectivity index (χ3n) is 1.45. The van der Waals surface area contributed by atoms with E-state index in [0.717, 1.165) is 12.1 Å². The summed E-state index contributed by atoms with van der Waals surface area (Å²) in [5, 5.41) is 16.8. The molecule has 0 aromatic heterocycles. The Morgan fingerprint density at radius 2 is 1.71 bits per heavy atom. The van der Waals surface area contributed by atoms with E-state index in [1.54, 1.807) is 0 Å². The third kappa shape index (κ3) is 2.43. The molecule has 0 aliphatic rings. The summed E-state index contributed by atoms with van der Waals surface area (Å²) in [7, 11) is 0. The van der Waals surface area contributed by atoms with E-state index >= 15 is 0 Å². The van der Waals surface area contributed by atoms with Crippen LogP contribution in [0.2, 0.25) is 0 Å². The number of aromatic carboxylic acids is 2. The van der Waals surface area contributed by atoms with Crippen molar-refractivity contribution >= 4 is 24.3 Å². The summed E-state index contributed by atoms with van der Waals surface area (Å²) in [6.07, 6.45) is 0. The standard InChI is InChI=1S/C8H5FO4.ClH/c9-6-3-4(7(10)11)1-2-5(6)8(12)13;/h1-3H,(H,10,11)(H,12,13);1H. The predicted molar refractivity (Wildman–Crippen MR) is 47.6 cm³/mol. The van der Waals surface area contributed by atoms with Crippen LogP contribution in [0.15, 0.2) is 18.2 Å². The molecule has 14 heavy (non-hydrogen) atoms. The van der Waals surface area contributed by atoms with Crippen molar-refractivity contribution in [1.82, 2.24) is 0 Å². The molecule has 0 spiro atoms. The minimum absolute atomic E-state index is 0. The third-order valence-corrected chi connectivity index (χ3v) is 1.45. The van der Waals surface area contributed by atoms with Crippen molar-refractivity contribution in [1.29, 1.82) is 0 Å². The number of carboxylic acids is 2. The fourth-order valence-corrected chi connectivity index (χ4v) is 0.822. The molecule has 4 nitrogen and oxygen atoms in total. The highest BCUT2D eigenvalue weighted by Crippen LogP contribution is 2.10. The number of carbonyl (C=O) groups is 2. The largest absolute Gasteiger partial charge is 0.478 e. The Balaban J connectivity index is 0.00000169. The van der Waals surface area contributed by atoms with Gasteiger partial charge in [-0.25, -0.2) is 14.0 Å². The summed E-state index contributed by atoms with van der Waals surface area (Å²) in [6, 6.07) is 2.63. The van der Waals surface area contributed by atoms with E-state index in [-0.39, 0.29) is 18.0 Å². The van der Waals surface area contributed by atoms with E-state index in [4.69, 9.17) is 10.2 Å². The highest BCUT2D eigenvalue weighted by Gasteiger charge is 2.12. The Hall–Kier alpha value is -1.62. The van der Waals surface area contributed by atoms with Crippen molar-refractivity contribution < 1.29 is 24.2 Å². The summed E-state index contributed by atoms with van der Waals surface area (Å²) in [6.45, 7) is 0. The number of carboxylic acid groups (broad SMARTS) is 2. The lowest BCUT2D eigenvalue weighted by atomic mass is 10.1. The second kappa shape index (κ2) is 4.57. The van der Waals surface area contributed by atoms with Gasteiger partial charge in [0.2, 0.25) is 0 Å². The highest BCUT2D eigenvalue weighted by molar-refractivity contribution is 5.91.